The zero-order valence-corrected chi connectivity index (χ0v) is 11.3. The zero-order valence-electron chi connectivity index (χ0n) is 10.5. The fourth-order valence-electron chi connectivity index (χ4n) is 2.71. The predicted molar refractivity (Wildman–Crippen MR) is 68.7 cm³/mol. The molecular formula is C12H17N3O3S. The number of rotatable bonds is 4. The molecule has 3 heterocycles. The van der Waals surface area contributed by atoms with Crippen LogP contribution in [0.1, 0.15) is 24.8 Å². The molecule has 0 aliphatic carbocycles. The van der Waals surface area contributed by atoms with E-state index in [0.29, 0.717) is 6.54 Å². The summed E-state index contributed by atoms with van der Waals surface area (Å²) in [5, 5.41) is 0.0347. The van der Waals surface area contributed by atoms with Crippen molar-refractivity contribution >= 4 is 10.0 Å². The molecule has 0 amide bonds. The molecule has 2 saturated heterocycles. The fraction of sp³-hybridized carbons (Fsp3) is 0.583. The number of pyridine rings is 1. The Balaban J connectivity index is 1.75. The SMILES string of the molecule is NCc1ccc(S(=O)(=O)NC2CC3CCC2O3)nc1. The first kappa shape index (κ1) is 13.0. The second kappa shape index (κ2) is 4.82. The molecule has 0 radical (unpaired) electrons. The maximum absolute atomic E-state index is 12.2. The number of nitrogens with two attached hydrogens (primary N) is 1. The number of fused-ring (bicyclic) bond motifs is 2. The van der Waals surface area contributed by atoms with Crippen LogP contribution in [0.4, 0.5) is 0 Å². The molecule has 2 bridgehead atoms. The van der Waals surface area contributed by atoms with Crippen LogP contribution in [0.3, 0.4) is 0 Å². The van der Waals surface area contributed by atoms with E-state index in [4.69, 9.17) is 10.5 Å². The second-order valence-corrected chi connectivity index (χ2v) is 6.71. The number of nitrogens with one attached hydrogen (secondary N) is 1. The molecule has 3 N–H and O–H groups in total. The van der Waals surface area contributed by atoms with Gasteiger partial charge in [0.2, 0.25) is 0 Å². The van der Waals surface area contributed by atoms with Gasteiger partial charge in [-0.1, -0.05) is 6.07 Å². The van der Waals surface area contributed by atoms with Crippen LogP contribution in [0.2, 0.25) is 0 Å². The molecule has 0 saturated carbocycles. The molecule has 19 heavy (non-hydrogen) atoms. The summed E-state index contributed by atoms with van der Waals surface area (Å²) in [5.74, 6) is 0. The van der Waals surface area contributed by atoms with Crippen molar-refractivity contribution < 1.29 is 13.2 Å². The minimum absolute atomic E-state index is 0.0168. The number of sulfonamides is 1. The molecular weight excluding hydrogens is 266 g/mol. The van der Waals surface area contributed by atoms with Crippen LogP contribution >= 0.6 is 0 Å². The molecule has 2 aliphatic rings. The summed E-state index contributed by atoms with van der Waals surface area (Å²) >= 11 is 0. The maximum atomic E-state index is 12.2. The average molecular weight is 283 g/mol. The monoisotopic (exact) mass is 283 g/mol. The summed E-state index contributed by atoms with van der Waals surface area (Å²) in [5.41, 5.74) is 6.27. The molecule has 2 fully saturated rings. The molecule has 7 heteroatoms. The Morgan fingerprint density at radius 2 is 2.26 bits per heavy atom. The highest BCUT2D eigenvalue weighted by Crippen LogP contribution is 2.34. The predicted octanol–water partition coefficient (Wildman–Crippen LogP) is 0.139. The molecule has 3 unspecified atom stereocenters. The molecule has 2 aliphatic heterocycles. The van der Waals surface area contributed by atoms with Crippen molar-refractivity contribution in [2.24, 2.45) is 5.73 Å². The molecule has 1 aromatic rings. The van der Waals surface area contributed by atoms with Crippen LogP contribution in [-0.2, 0) is 21.3 Å². The standard InChI is InChI=1S/C12H17N3O3S/c13-6-8-1-4-12(14-7-8)19(16,17)15-10-5-9-2-3-11(10)18-9/h1,4,7,9-11,15H,2-3,5-6,13H2. The van der Waals surface area contributed by atoms with E-state index in [1.165, 1.54) is 12.3 Å². The Kier molecular flexibility index (Phi) is 3.30. The number of nitrogens with zero attached hydrogens (tertiary/aromatic N) is 1. The van der Waals surface area contributed by atoms with E-state index < -0.39 is 10.0 Å². The smallest absolute Gasteiger partial charge is 0.258 e. The van der Waals surface area contributed by atoms with Crippen molar-refractivity contribution in [2.75, 3.05) is 0 Å². The van der Waals surface area contributed by atoms with Gasteiger partial charge in [-0.25, -0.2) is 18.1 Å². The summed E-state index contributed by atoms with van der Waals surface area (Å²) in [4.78, 5) is 3.95. The van der Waals surface area contributed by atoms with E-state index >= 15 is 0 Å². The maximum Gasteiger partial charge on any atom is 0.258 e. The Bertz CT molecular complexity index is 558. The van der Waals surface area contributed by atoms with Gasteiger partial charge in [-0.05, 0) is 30.9 Å². The van der Waals surface area contributed by atoms with Gasteiger partial charge in [0.15, 0.2) is 5.03 Å². The zero-order chi connectivity index (χ0) is 13.5. The highest BCUT2D eigenvalue weighted by molar-refractivity contribution is 7.89. The van der Waals surface area contributed by atoms with Gasteiger partial charge in [0, 0.05) is 12.7 Å². The summed E-state index contributed by atoms with van der Waals surface area (Å²) in [7, 11) is -3.57. The van der Waals surface area contributed by atoms with E-state index in [1.54, 1.807) is 6.07 Å². The van der Waals surface area contributed by atoms with Crippen molar-refractivity contribution in [3.8, 4) is 0 Å². The average Bonchev–Trinajstić information content (AvgIpc) is 3.00. The molecule has 3 rings (SSSR count). The number of hydrogen-bond donors (Lipinski definition) is 2. The third kappa shape index (κ3) is 2.51. The molecule has 104 valence electrons. The van der Waals surface area contributed by atoms with Crippen LogP contribution in [0.5, 0.6) is 0 Å². The topological polar surface area (TPSA) is 94.3 Å². The van der Waals surface area contributed by atoms with Gasteiger partial charge in [-0.3, -0.25) is 0 Å². The molecule has 0 aromatic carbocycles. The van der Waals surface area contributed by atoms with Gasteiger partial charge < -0.3 is 10.5 Å². The van der Waals surface area contributed by atoms with Crippen LogP contribution in [0.25, 0.3) is 0 Å². The summed E-state index contributed by atoms with van der Waals surface area (Å²) in [6.45, 7) is 0.348. The fourth-order valence-corrected chi connectivity index (χ4v) is 3.92. The quantitative estimate of drug-likeness (QED) is 0.819. The third-order valence-corrected chi connectivity index (χ3v) is 5.13. The van der Waals surface area contributed by atoms with Crippen molar-refractivity contribution in [2.45, 2.75) is 49.1 Å². The van der Waals surface area contributed by atoms with Crippen LogP contribution < -0.4 is 10.5 Å². The van der Waals surface area contributed by atoms with E-state index in [0.717, 1.165) is 24.8 Å². The lowest BCUT2D eigenvalue weighted by molar-refractivity contribution is 0.0996. The van der Waals surface area contributed by atoms with Crippen molar-refractivity contribution in [3.05, 3.63) is 23.9 Å². The van der Waals surface area contributed by atoms with E-state index in [-0.39, 0.29) is 23.3 Å². The molecule has 6 nitrogen and oxygen atoms in total. The number of hydrogen-bond acceptors (Lipinski definition) is 5. The molecule has 1 aromatic heterocycles. The lowest BCUT2D eigenvalue weighted by Crippen LogP contribution is -2.41. The number of aromatic nitrogens is 1. The van der Waals surface area contributed by atoms with E-state index in [1.807, 2.05) is 0 Å². The molecule has 0 spiro atoms. The first-order valence-electron chi connectivity index (χ1n) is 6.41. The van der Waals surface area contributed by atoms with Crippen LogP contribution in [0, 0.1) is 0 Å². The number of ether oxygens (including phenoxy) is 1. The van der Waals surface area contributed by atoms with Gasteiger partial charge in [-0.15, -0.1) is 0 Å². The van der Waals surface area contributed by atoms with Crippen LogP contribution in [0.15, 0.2) is 23.4 Å². The Hall–Kier alpha value is -1.02. The van der Waals surface area contributed by atoms with Gasteiger partial charge in [0.05, 0.1) is 18.2 Å². The minimum atomic E-state index is -3.57. The van der Waals surface area contributed by atoms with Gasteiger partial charge in [-0.2, -0.15) is 0 Å². The summed E-state index contributed by atoms with van der Waals surface area (Å²) in [6, 6.07) is 3.04. The highest BCUT2D eigenvalue weighted by Gasteiger charge is 2.42. The van der Waals surface area contributed by atoms with Crippen molar-refractivity contribution in [3.63, 3.8) is 0 Å². The highest BCUT2D eigenvalue weighted by atomic mass is 32.2. The van der Waals surface area contributed by atoms with Crippen molar-refractivity contribution in [1.82, 2.24) is 9.71 Å². The van der Waals surface area contributed by atoms with Gasteiger partial charge >= 0.3 is 0 Å². The van der Waals surface area contributed by atoms with Crippen molar-refractivity contribution in [1.29, 1.82) is 0 Å². The summed E-state index contributed by atoms with van der Waals surface area (Å²) < 4.78 is 32.7. The van der Waals surface area contributed by atoms with E-state index in [9.17, 15) is 8.42 Å². The largest absolute Gasteiger partial charge is 0.373 e. The minimum Gasteiger partial charge on any atom is -0.373 e. The Morgan fingerprint density at radius 3 is 2.79 bits per heavy atom. The Labute approximate surface area is 112 Å². The Morgan fingerprint density at radius 1 is 1.42 bits per heavy atom. The van der Waals surface area contributed by atoms with Gasteiger partial charge in [0.25, 0.3) is 10.0 Å². The summed E-state index contributed by atoms with van der Waals surface area (Å²) in [6.07, 6.45) is 4.44. The first-order valence-corrected chi connectivity index (χ1v) is 7.89. The molecule has 3 atom stereocenters. The first-order chi connectivity index (χ1) is 9.08. The normalized spacial score (nSPS) is 29.8. The van der Waals surface area contributed by atoms with Gasteiger partial charge in [0.1, 0.15) is 0 Å². The second-order valence-electron chi connectivity index (χ2n) is 5.05. The lowest BCUT2D eigenvalue weighted by Gasteiger charge is -2.19. The van der Waals surface area contributed by atoms with E-state index in [2.05, 4.69) is 9.71 Å². The third-order valence-electron chi connectivity index (χ3n) is 3.72. The van der Waals surface area contributed by atoms with Crippen LogP contribution in [-0.4, -0.2) is 31.7 Å². The lowest BCUT2D eigenvalue weighted by atomic mass is 9.96.